The van der Waals surface area contributed by atoms with E-state index in [1.165, 1.54) is 24.2 Å². The summed E-state index contributed by atoms with van der Waals surface area (Å²) in [6.07, 6.45) is 2.43. The highest BCUT2D eigenvalue weighted by Crippen LogP contribution is 2.29. The third kappa shape index (κ3) is 3.47. The van der Waals surface area contributed by atoms with Crippen LogP contribution in [0.3, 0.4) is 0 Å². The number of rotatable bonds is 4. The Balaban J connectivity index is 1.95. The SMILES string of the molecule is CCOC(=O)c1csc(N2CCC(C(C)C)CC2)n1. The number of aromatic nitrogens is 1. The molecule has 0 amide bonds. The molecule has 0 aromatic carbocycles. The highest BCUT2D eigenvalue weighted by atomic mass is 32.1. The lowest BCUT2D eigenvalue weighted by Crippen LogP contribution is -2.35. The van der Waals surface area contributed by atoms with Crippen molar-refractivity contribution in [3.05, 3.63) is 11.1 Å². The van der Waals surface area contributed by atoms with E-state index in [0.717, 1.165) is 30.1 Å². The summed E-state index contributed by atoms with van der Waals surface area (Å²) in [5, 5.41) is 2.74. The Bertz CT molecular complexity index is 423. The van der Waals surface area contributed by atoms with Gasteiger partial charge in [0, 0.05) is 18.5 Å². The van der Waals surface area contributed by atoms with Gasteiger partial charge in [-0.05, 0) is 31.6 Å². The smallest absolute Gasteiger partial charge is 0.357 e. The van der Waals surface area contributed by atoms with Crippen LogP contribution in [-0.2, 0) is 4.74 Å². The molecular weight excluding hydrogens is 260 g/mol. The van der Waals surface area contributed by atoms with E-state index < -0.39 is 0 Å². The molecule has 0 N–H and O–H groups in total. The lowest BCUT2D eigenvalue weighted by Gasteiger charge is -2.33. The van der Waals surface area contributed by atoms with Crippen LogP contribution < -0.4 is 4.90 Å². The van der Waals surface area contributed by atoms with Gasteiger partial charge in [0.05, 0.1) is 6.61 Å². The van der Waals surface area contributed by atoms with Gasteiger partial charge in [-0.3, -0.25) is 0 Å². The van der Waals surface area contributed by atoms with E-state index in [4.69, 9.17) is 4.74 Å². The first-order valence-corrected chi connectivity index (χ1v) is 7.87. The molecule has 0 saturated carbocycles. The van der Waals surface area contributed by atoms with Gasteiger partial charge in [-0.15, -0.1) is 11.3 Å². The Kier molecular flexibility index (Phi) is 4.80. The first-order chi connectivity index (χ1) is 9.11. The van der Waals surface area contributed by atoms with Crippen molar-refractivity contribution in [1.29, 1.82) is 0 Å². The Morgan fingerprint density at radius 1 is 1.53 bits per heavy atom. The molecule has 1 saturated heterocycles. The van der Waals surface area contributed by atoms with Crippen molar-refractivity contribution >= 4 is 22.4 Å². The summed E-state index contributed by atoms with van der Waals surface area (Å²) in [6.45, 7) is 8.87. The highest BCUT2D eigenvalue weighted by molar-refractivity contribution is 7.13. The zero-order valence-corrected chi connectivity index (χ0v) is 12.7. The summed E-state index contributed by atoms with van der Waals surface area (Å²) < 4.78 is 4.96. The van der Waals surface area contributed by atoms with Crippen LogP contribution in [0.15, 0.2) is 5.38 Å². The number of esters is 1. The molecule has 1 aromatic heterocycles. The van der Waals surface area contributed by atoms with Crippen molar-refractivity contribution in [3.8, 4) is 0 Å². The molecule has 1 aliphatic heterocycles. The minimum Gasteiger partial charge on any atom is -0.461 e. The van der Waals surface area contributed by atoms with Crippen molar-refractivity contribution in [2.45, 2.75) is 33.6 Å². The van der Waals surface area contributed by atoms with E-state index in [9.17, 15) is 4.79 Å². The third-order valence-corrected chi connectivity index (χ3v) is 4.63. The monoisotopic (exact) mass is 282 g/mol. The quantitative estimate of drug-likeness (QED) is 0.795. The molecule has 0 bridgehead atoms. The molecule has 19 heavy (non-hydrogen) atoms. The van der Waals surface area contributed by atoms with Crippen molar-refractivity contribution in [2.75, 3.05) is 24.6 Å². The maximum atomic E-state index is 11.6. The second kappa shape index (κ2) is 6.37. The molecular formula is C14H22N2O2S. The van der Waals surface area contributed by atoms with Crippen molar-refractivity contribution in [2.24, 2.45) is 11.8 Å². The fraction of sp³-hybridized carbons (Fsp3) is 0.714. The molecule has 4 nitrogen and oxygen atoms in total. The fourth-order valence-electron chi connectivity index (χ4n) is 2.47. The predicted octanol–water partition coefficient (Wildman–Crippen LogP) is 3.19. The number of nitrogens with zero attached hydrogens (tertiary/aromatic N) is 2. The number of hydrogen-bond donors (Lipinski definition) is 0. The Morgan fingerprint density at radius 3 is 2.79 bits per heavy atom. The fourth-order valence-corrected chi connectivity index (χ4v) is 3.31. The molecule has 0 aliphatic carbocycles. The van der Waals surface area contributed by atoms with Gasteiger partial charge in [0.25, 0.3) is 0 Å². The summed E-state index contributed by atoms with van der Waals surface area (Å²) >= 11 is 1.53. The molecule has 5 heteroatoms. The Labute approximate surface area is 118 Å². The summed E-state index contributed by atoms with van der Waals surface area (Å²) in [5.74, 6) is 1.26. The van der Waals surface area contributed by atoms with Crippen LogP contribution in [0.4, 0.5) is 5.13 Å². The van der Waals surface area contributed by atoms with Gasteiger partial charge in [-0.2, -0.15) is 0 Å². The van der Waals surface area contributed by atoms with Gasteiger partial charge < -0.3 is 9.64 Å². The van der Waals surface area contributed by atoms with Crippen LogP contribution in [-0.4, -0.2) is 30.6 Å². The van der Waals surface area contributed by atoms with Crippen molar-refractivity contribution in [1.82, 2.24) is 4.98 Å². The second-order valence-corrected chi connectivity index (χ2v) is 6.14. The van der Waals surface area contributed by atoms with E-state index in [0.29, 0.717) is 12.3 Å². The Hall–Kier alpha value is -1.10. The zero-order chi connectivity index (χ0) is 13.8. The molecule has 0 atom stereocenters. The molecule has 2 rings (SSSR count). The lowest BCUT2D eigenvalue weighted by atomic mass is 9.87. The maximum Gasteiger partial charge on any atom is 0.357 e. The number of carbonyl (C=O) groups excluding carboxylic acids is 1. The summed E-state index contributed by atoms with van der Waals surface area (Å²) in [5.41, 5.74) is 0.438. The maximum absolute atomic E-state index is 11.6. The van der Waals surface area contributed by atoms with Crippen LogP contribution in [0, 0.1) is 11.8 Å². The van der Waals surface area contributed by atoms with Gasteiger partial charge in [0.15, 0.2) is 10.8 Å². The molecule has 106 valence electrons. The minimum atomic E-state index is -0.318. The second-order valence-electron chi connectivity index (χ2n) is 5.30. The molecule has 1 fully saturated rings. The molecule has 2 heterocycles. The Morgan fingerprint density at radius 2 is 2.21 bits per heavy atom. The highest BCUT2D eigenvalue weighted by Gasteiger charge is 2.24. The molecule has 1 aromatic rings. The van der Waals surface area contributed by atoms with E-state index >= 15 is 0 Å². The summed E-state index contributed by atoms with van der Waals surface area (Å²) in [7, 11) is 0. The average Bonchev–Trinajstić information content (AvgIpc) is 2.89. The summed E-state index contributed by atoms with van der Waals surface area (Å²) in [4.78, 5) is 18.3. The largest absolute Gasteiger partial charge is 0.461 e. The zero-order valence-electron chi connectivity index (χ0n) is 11.9. The van der Waals surface area contributed by atoms with Gasteiger partial charge in [0.2, 0.25) is 0 Å². The van der Waals surface area contributed by atoms with Crippen LogP contribution in [0.2, 0.25) is 0 Å². The van der Waals surface area contributed by atoms with Crippen molar-refractivity contribution < 1.29 is 9.53 Å². The van der Waals surface area contributed by atoms with Gasteiger partial charge in [-0.1, -0.05) is 13.8 Å². The van der Waals surface area contributed by atoms with Crippen LogP contribution >= 0.6 is 11.3 Å². The molecule has 0 unspecified atom stereocenters. The number of hydrogen-bond acceptors (Lipinski definition) is 5. The lowest BCUT2D eigenvalue weighted by molar-refractivity contribution is 0.0520. The summed E-state index contributed by atoms with van der Waals surface area (Å²) in [6, 6.07) is 0. The molecule has 0 spiro atoms. The van der Waals surface area contributed by atoms with Gasteiger partial charge in [-0.25, -0.2) is 9.78 Å². The standard InChI is InChI=1S/C14H22N2O2S/c1-4-18-13(17)12-9-19-14(15-12)16-7-5-11(6-8-16)10(2)3/h9-11H,4-8H2,1-3H3. The van der Waals surface area contributed by atoms with Gasteiger partial charge >= 0.3 is 5.97 Å². The number of anilines is 1. The first kappa shape index (κ1) is 14.3. The van der Waals surface area contributed by atoms with E-state index in [-0.39, 0.29) is 5.97 Å². The minimum absolute atomic E-state index is 0.318. The first-order valence-electron chi connectivity index (χ1n) is 6.99. The molecule has 1 aliphatic rings. The normalized spacial score (nSPS) is 16.9. The van der Waals surface area contributed by atoms with E-state index in [1.807, 2.05) is 6.92 Å². The van der Waals surface area contributed by atoms with Gasteiger partial charge in [0.1, 0.15) is 0 Å². The van der Waals surface area contributed by atoms with Crippen LogP contribution in [0.25, 0.3) is 0 Å². The van der Waals surface area contributed by atoms with Crippen LogP contribution in [0.5, 0.6) is 0 Å². The number of carbonyl (C=O) groups is 1. The van der Waals surface area contributed by atoms with E-state index in [1.54, 1.807) is 5.38 Å². The third-order valence-electron chi connectivity index (χ3n) is 3.73. The number of thiazole rings is 1. The van der Waals surface area contributed by atoms with Crippen LogP contribution in [0.1, 0.15) is 44.1 Å². The topological polar surface area (TPSA) is 42.4 Å². The van der Waals surface area contributed by atoms with Crippen molar-refractivity contribution in [3.63, 3.8) is 0 Å². The predicted molar refractivity (Wildman–Crippen MR) is 77.8 cm³/mol. The average molecular weight is 282 g/mol. The van der Waals surface area contributed by atoms with E-state index in [2.05, 4.69) is 23.7 Å². The molecule has 0 radical (unpaired) electrons. The number of ether oxygens (including phenoxy) is 1. The number of piperidine rings is 1.